The van der Waals surface area contributed by atoms with E-state index in [0.29, 0.717) is 25.7 Å². The monoisotopic (exact) mass is 464 g/mol. The highest BCUT2D eigenvalue weighted by molar-refractivity contribution is 5.94. The van der Waals surface area contributed by atoms with E-state index in [1.54, 1.807) is 20.8 Å². The van der Waals surface area contributed by atoms with Crippen molar-refractivity contribution in [3.8, 4) is 0 Å². The molecule has 3 saturated carbocycles. The Bertz CT molecular complexity index is 812. The minimum atomic E-state index is -1.28. The first kappa shape index (κ1) is 25.3. The Balaban J connectivity index is 1.61. The van der Waals surface area contributed by atoms with E-state index in [-0.39, 0.29) is 40.3 Å². The van der Waals surface area contributed by atoms with E-state index in [2.05, 4.69) is 13.8 Å². The summed E-state index contributed by atoms with van der Waals surface area (Å²) < 4.78 is 0. The molecular formula is C27H44O6. The summed E-state index contributed by atoms with van der Waals surface area (Å²) >= 11 is 0. The smallest absolute Gasteiger partial charge is 0.159 e. The zero-order valence-corrected chi connectivity index (χ0v) is 20.9. The van der Waals surface area contributed by atoms with E-state index >= 15 is 0 Å². The number of aliphatic hydroxyl groups excluding tert-OH is 3. The summed E-state index contributed by atoms with van der Waals surface area (Å²) in [7, 11) is 0. The van der Waals surface area contributed by atoms with Crippen LogP contribution in [0.25, 0.3) is 0 Å². The van der Waals surface area contributed by atoms with Crippen LogP contribution in [0.4, 0.5) is 0 Å². The molecule has 0 aliphatic heterocycles. The zero-order valence-electron chi connectivity index (χ0n) is 20.9. The van der Waals surface area contributed by atoms with Gasteiger partial charge in [-0.3, -0.25) is 4.79 Å². The van der Waals surface area contributed by atoms with Crippen molar-refractivity contribution >= 4 is 5.78 Å². The van der Waals surface area contributed by atoms with Crippen LogP contribution in [0, 0.1) is 34.5 Å². The molecule has 0 heterocycles. The van der Waals surface area contributed by atoms with Gasteiger partial charge in [-0.05, 0) is 107 Å². The highest BCUT2D eigenvalue weighted by Gasteiger charge is 2.63. The summed E-state index contributed by atoms with van der Waals surface area (Å²) in [5.41, 5.74) is -1.58. The lowest BCUT2D eigenvalue weighted by Gasteiger charge is -2.58. The van der Waals surface area contributed by atoms with Gasteiger partial charge in [-0.15, -0.1) is 0 Å². The van der Waals surface area contributed by atoms with Crippen molar-refractivity contribution in [2.45, 2.75) is 115 Å². The van der Waals surface area contributed by atoms with Crippen LogP contribution in [0.5, 0.6) is 0 Å². The van der Waals surface area contributed by atoms with Gasteiger partial charge in [0.2, 0.25) is 0 Å². The lowest BCUT2D eigenvalue weighted by molar-refractivity contribution is -0.151. The zero-order chi connectivity index (χ0) is 24.6. The molecule has 4 aliphatic carbocycles. The van der Waals surface area contributed by atoms with Crippen molar-refractivity contribution in [2.24, 2.45) is 34.5 Å². The van der Waals surface area contributed by atoms with Gasteiger partial charge in [-0.1, -0.05) is 19.4 Å². The Morgan fingerprint density at radius 3 is 2.27 bits per heavy atom. The van der Waals surface area contributed by atoms with Gasteiger partial charge in [0.15, 0.2) is 5.78 Å². The van der Waals surface area contributed by atoms with Crippen molar-refractivity contribution < 1.29 is 30.3 Å². The van der Waals surface area contributed by atoms with Gasteiger partial charge < -0.3 is 25.5 Å². The minimum Gasteiger partial charge on any atom is -0.390 e. The maximum Gasteiger partial charge on any atom is 0.159 e. The summed E-state index contributed by atoms with van der Waals surface area (Å²) in [4.78, 5) is 13.2. The van der Waals surface area contributed by atoms with Crippen molar-refractivity contribution in [1.29, 1.82) is 0 Å². The van der Waals surface area contributed by atoms with Crippen molar-refractivity contribution in [2.75, 3.05) is 0 Å². The summed E-state index contributed by atoms with van der Waals surface area (Å²) in [6, 6.07) is 0. The summed E-state index contributed by atoms with van der Waals surface area (Å²) in [5, 5.41) is 53.3. The maximum atomic E-state index is 13.2. The largest absolute Gasteiger partial charge is 0.390 e. The molecule has 0 aromatic carbocycles. The molecule has 6 nitrogen and oxygen atoms in total. The first-order valence-electron chi connectivity index (χ1n) is 12.9. The molecule has 3 unspecified atom stereocenters. The molecule has 4 aliphatic rings. The molecule has 188 valence electrons. The Kier molecular flexibility index (Phi) is 6.23. The lowest BCUT2D eigenvalue weighted by atomic mass is 9.47. The van der Waals surface area contributed by atoms with Crippen molar-refractivity contribution in [3.63, 3.8) is 0 Å². The normalized spacial score (nSPS) is 46.0. The SMILES string of the molecule is CC(C)(O)CC[C@@H](O)C(C)(O)[C@H]1CCC2C3=CC(=O)[C@@H]4C[C@@H](O)[C@@H](O)C[C@]4(C)C3CC[C@@]21C. The number of fused-ring (bicyclic) bond motifs is 5. The summed E-state index contributed by atoms with van der Waals surface area (Å²) in [6.07, 6.45) is 4.21. The number of rotatable bonds is 5. The molecule has 4 rings (SSSR count). The van der Waals surface area contributed by atoms with Crippen LogP contribution in [0.2, 0.25) is 0 Å². The molecule has 0 amide bonds. The van der Waals surface area contributed by atoms with Crippen molar-refractivity contribution in [1.82, 2.24) is 0 Å². The van der Waals surface area contributed by atoms with Crippen LogP contribution >= 0.6 is 0 Å². The van der Waals surface area contributed by atoms with Gasteiger partial charge in [0.1, 0.15) is 0 Å². The van der Waals surface area contributed by atoms with Gasteiger partial charge >= 0.3 is 0 Å². The summed E-state index contributed by atoms with van der Waals surface area (Å²) in [5.74, 6) is 0.0783. The number of hydrogen-bond donors (Lipinski definition) is 5. The second kappa shape index (κ2) is 8.12. The minimum absolute atomic E-state index is 0.0689. The highest BCUT2D eigenvalue weighted by Crippen LogP contribution is 2.67. The third-order valence-corrected chi connectivity index (χ3v) is 10.3. The summed E-state index contributed by atoms with van der Waals surface area (Å²) in [6.45, 7) is 9.49. The second-order valence-electron chi connectivity index (χ2n) is 13.1. The van der Waals surface area contributed by atoms with E-state index in [9.17, 15) is 30.3 Å². The fourth-order valence-electron chi connectivity index (χ4n) is 8.37. The topological polar surface area (TPSA) is 118 Å². The Morgan fingerprint density at radius 2 is 1.64 bits per heavy atom. The number of carbonyl (C=O) groups excluding carboxylic acids is 1. The van der Waals surface area contributed by atoms with Crippen LogP contribution < -0.4 is 0 Å². The van der Waals surface area contributed by atoms with Crippen LogP contribution in [-0.4, -0.2) is 60.8 Å². The number of aliphatic hydroxyl groups is 5. The van der Waals surface area contributed by atoms with E-state index < -0.39 is 29.5 Å². The molecule has 0 aromatic heterocycles. The quantitative estimate of drug-likeness (QED) is 0.427. The molecular weight excluding hydrogens is 420 g/mol. The van der Waals surface area contributed by atoms with Crippen LogP contribution in [0.1, 0.15) is 86.0 Å². The molecule has 6 heteroatoms. The molecule has 0 spiro atoms. The molecule has 0 bridgehead atoms. The number of carbonyl (C=O) groups is 1. The molecule has 0 aromatic rings. The van der Waals surface area contributed by atoms with Gasteiger partial charge in [0, 0.05) is 5.92 Å². The van der Waals surface area contributed by atoms with Gasteiger partial charge in [-0.25, -0.2) is 0 Å². The average molecular weight is 465 g/mol. The average Bonchev–Trinajstić information content (AvgIpc) is 3.06. The molecule has 10 atom stereocenters. The first-order valence-corrected chi connectivity index (χ1v) is 12.9. The van der Waals surface area contributed by atoms with E-state index in [1.165, 1.54) is 5.57 Å². The van der Waals surface area contributed by atoms with Crippen LogP contribution in [0.3, 0.4) is 0 Å². The van der Waals surface area contributed by atoms with Gasteiger partial charge in [0.05, 0.1) is 29.5 Å². The lowest BCUT2D eigenvalue weighted by Crippen LogP contribution is -2.57. The maximum absolute atomic E-state index is 13.2. The molecule has 5 N–H and O–H groups in total. The van der Waals surface area contributed by atoms with E-state index in [4.69, 9.17) is 0 Å². The van der Waals surface area contributed by atoms with E-state index in [0.717, 1.165) is 25.7 Å². The molecule has 3 fully saturated rings. The third-order valence-electron chi connectivity index (χ3n) is 10.3. The number of ketones is 1. The van der Waals surface area contributed by atoms with Gasteiger partial charge in [0.25, 0.3) is 0 Å². The van der Waals surface area contributed by atoms with Crippen molar-refractivity contribution in [3.05, 3.63) is 11.6 Å². The van der Waals surface area contributed by atoms with Crippen LogP contribution in [0.15, 0.2) is 11.6 Å². The predicted molar refractivity (Wildman–Crippen MR) is 125 cm³/mol. The van der Waals surface area contributed by atoms with Crippen LogP contribution in [-0.2, 0) is 4.79 Å². The Labute approximate surface area is 198 Å². The van der Waals surface area contributed by atoms with Gasteiger partial charge in [-0.2, -0.15) is 0 Å². The molecule has 0 radical (unpaired) electrons. The Morgan fingerprint density at radius 1 is 1.00 bits per heavy atom. The fraction of sp³-hybridized carbons (Fsp3) is 0.889. The second-order valence-corrected chi connectivity index (χ2v) is 13.1. The standard InChI is InChI=1S/C27H44O6/c1-24(2,32)10-9-23(31)27(5,33)22-7-6-16-15-12-19(28)18-13-20(29)21(30)14-26(18,4)17(15)8-11-25(16,22)3/h12,16-18,20-23,29-33H,6-11,13-14H2,1-5H3/t16?,17?,18-,20+,21-,22-,23+,25-,26+,27?/m0/s1. The highest BCUT2D eigenvalue weighted by atomic mass is 16.3. The predicted octanol–water partition coefficient (Wildman–Crippen LogP) is 2.74. The third kappa shape index (κ3) is 4.04. The fourth-order valence-corrected chi connectivity index (χ4v) is 8.37. The number of allylic oxidation sites excluding steroid dienone is 2. The van der Waals surface area contributed by atoms with E-state index in [1.807, 2.05) is 6.08 Å². The number of hydrogen-bond acceptors (Lipinski definition) is 6. The molecule has 33 heavy (non-hydrogen) atoms. The Hall–Kier alpha value is -0.790. The first-order chi connectivity index (χ1) is 15.1. The molecule has 0 saturated heterocycles.